The summed E-state index contributed by atoms with van der Waals surface area (Å²) in [6.07, 6.45) is 3.93. The lowest BCUT2D eigenvalue weighted by molar-refractivity contribution is 0.419. The molecule has 0 aliphatic heterocycles. The minimum atomic E-state index is -0.521. The third kappa shape index (κ3) is 2.55. The molecule has 0 amide bonds. The Bertz CT molecular complexity index is 1250. The number of aromatic amines is 2. The molecule has 1 atom stereocenters. The molecule has 0 saturated heterocycles. The number of nitriles is 2. The van der Waals surface area contributed by atoms with Crippen LogP contribution in [0.2, 0.25) is 0 Å². The van der Waals surface area contributed by atoms with Crippen LogP contribution in [0.5, 0.6) is 11.5 Å². The second-order valence-corrected chi connectivity index (χ2v) is 6.44. The lowest BCUT2D eigenvalue weighted by Crippen LogP contribution is -2.00. The topological polar surface area (TPSA) is 97.6 Å². The fourth-order valence-corrected chi connectivity index (χ4v) is 3.82. The second-order valence-electron chi connectivity index (χ2n) is 6.44. The largest absolute Gasteiger partial charge is 0.496 e. The molecule has 0 aliphatic rings. The number of nitrogens with zero attached hydrogens (tertiary/aromatic N) is 2. The van der Waals surface area contributed by atoms with Crippen LogP contribution in [0.25, 0.3) is 21.8 Å². The SMILES string of the molecule is COc1cccc2[nH]cc([C@@H](C#N)c3ccc(OC)c4c(CC#N)c[nH]c34)c12. The van der Waals surface area contributed by atoms with Gasteiger partial charge in [-0.25, -0.2) is 0 Å². The predicted molar refractivity (Wildman–Crippen MR) is 106 cm³/mol. The fourth-order valence-electron chi connectivity index (χ4n) is 3.82. The molecule has 0 spiro atoms. The van der Waals surface area contributed by atoms with Crippen molar-refractivity contribution in [2.75, 3.05) is 14.2 Å². The molecule has 6 heteroatoms. The highest BCUT2D eigenvalue weighted by atomic mass is 16.5. The van der Waals surface area contributed by atoms with E-state index in [-0.39, 0.29) is 6.42 Å². The van der Waals surface area contributed by atoms with Gasteiger partial charge in [-0.05, 0) is 29.3 Å². The van der Waals surface area contributed by atoms with E-state index < -0.39 is 5.92 Å². The molecule has 2 N–H and O–H groups in total. The smallest absolute Gasteiger partial charge is 0.128 e. The number of benzene rings is 2. The number of methoxy groups -OCH3 is 2. The van der Waals surface area contributed by atoms with Gasteiger partial charge < -0.3 is 19.4 Å². The Balaban J connectivity index is 1.97. The van der Waals surface area contributed by atoms with Crippen LogP contribution in [-0.2, 0) is 6.42 Å². The van der Waals surface area contributed by atoms with E-state index in [1.807, 2.05) is 42.7 Å². The van der Waals surface area contributed by atoms with Gasteiger partial charge >= 0.3 is 0 Å². The summed E-state index contributed by atoms with van der Waals surface area (Å²) in [4.78, 5) is 6.48. The van der Waals surface area contributed by atoms with E-state index in [2.05, 4.69) is 22.1 Å². The summed E-state index contributed by atoms with van der Waals surface area (Å²) >= 11 is 0. The highest BCUT2D eigenvalue weighted by Crippen LogP contribution is 2.40. The van der Waals surface area contributed by atoms with Gasteiger partial charge in [0.25, 0.3) is 0 Å². The van der Waals surface area contributed by atoms with Gasteiger partial charge in [0.2, 0.25) is 0 Å². The maximum absolute atomic E-state index is 10.1. The van der Waals surface area contributed by atoms with Crippen LogP contribution < -0.4 is 9.47 Å². The molecule has 4 aromatic rings. The van der Waals surface area contributed by atoms with Crippen LogP contribution in [0.1, 0.15) is 22.6 Å². The van der Waals surface area contributed by atoms with Crippen LogP contribution in [0, 0.1) is 22.7 Å². The van der Waals surface area contributed by atoms with Gasteiger partial charge in [0.15, 0.2) is 0 Å². The Kier molecular flexibility index (Phi) is 4.39. The maximum atomic E-state index is 10.1. The van der Waals surface area contributed by atoms with E-state index in [4.69, 9.17) is 14.7 Å². The molecule has 28 heavy (non-hydrogen) atoms. The Labute approximate surface area is 161 Å². The molecule has 0 unspecified atom stereocenters. The number of nitrogens with one attached hydrogen (secondary N) is 2. The zero-order valence-corrected chi connectivity index (χ0v) is 15.5. The van der Waals surface area contributed by atoms with E-state index in [0.717, 1.165) is 44.2 Å². The first-order valence-corrected chi connectivity index (χ1v) is 8.80. The number of fused-ring (bicyclic) bond motifs is 2. The second kappa shape index (κ2) is 7.02. The average molecular weight is 370 g/mol. The van der Waals surface area contributed by atoms with E-state index >= 15 is 0 Å². The monoisotopic (exact) mass is 370 g/mol. The third-order valence-electron chi connectivity index (χ3n) is 5.07. The van der Waals surface area contributed by atoms with Crippen molar-refractivity contribution in [3.63, 3.8) is 0 Å². The first-order chi connectivity index (χ1) is 13.7. The number of H-pyrrole nitrogens is 2. The van der Waals surface area contributed by atoms with Crippen LogP contribution in [0.4, 0.5) is 0 Å². The van der Waals surface area contributed by atoms with Gasteiger partial charge in [0.1, 0.15) is 17.4 Å². The standard InChI is InChI=1S/C22H18N4O2/c1-27-18-5-3-4-17-21(18)16(12-25-17)15(10-24)14-6-7-19(28-2)20-13(8-9-23)11-26-22(14)20/h3-7,11-12,15,25-26H,8H2,1-2H3/t15-/m0/s1. The van der Waals surface area contributed by atoms with Crippen molar-refractivity contribution in [2.45, 2.75) is 12.3 Å². The summed E-state index contributed by atoms with van der Waals surface area (Å²) in [7, 11) is 3.22. The number of ether oxygens (including phenoxy) is 2. The van der Waals surface area contributed by atoms with Gasteiger partial charge in [-0.2, -0.15) is 10.5 Å². The van der Waals surface area contributed by atoms with Crippen molar-refractivity contribution < 1.29 is 9.47 Å². The molecule has 4 rings (SSSR count). The molecule has 0 fully saturated rings. The van der Waals surface area contributed by atoms with Crippen molar-refractivity contribution in [3.05, 3.63) is 59.4 Å². The number of hydrogen-bond donors (Lipinski definition) is 2. The average Bonchev–Trinajstić information content (AvgIpc) is 3.34. The summed E-state index contributed by atoms with van der Waals surface area (Å²) in [6, 6.07) is 14.1. The maximum Gasteiger partial charge on any atom is 0.128 e. The summed E-state index contributed by atoms with van der Waals surface area (Å²) in [6.45, 7) is 0. The van der Waals surface area contributed by atoms with E-state index in [1.165, 1.54) is 0 Å². The van der Waals surface area contributed by atoms with Crippen molar-refractivity contribution in [2.24, 2.45) is 0 Å². The highest BCUT2D eigenvalue weighted by molar-refractivity contribution is 5.95. The molecule has 2 aromatic carbocycles. The molecule has 6 nitrogen and oxygen atoms in total. The highest BCUT2D eigenvalue weighted by Gasteiger charge is 2.24. The first kappa shape index (κ1) is 17.5. The molecule has 0 bridgehead atoms. The zero-order chi connectivity index (χ0) is 19.7. The summed E-state index contributed by atoms with van der Waals surface area (Å²) in [5.74, 6) is 0.876. The van der Waals surface area contributed by atoms with Crippen molar-refractivity contribution in [1.29, 1.82) is 10.5 Å². The molecular formula is C22H18N4O2. The lowest BCUT2D eigenvalue weighted by atomic mass is 9.90. The minimum Gasteiger partial charge on any atom is -0.496 e. The molecule has 2 heterocycles. The Morgan fingerprint density at radius 3 is 2.43 bits per heavy atom. The lowest BCUT2D eigenvalue weighted by Gasteiger charge is -2.14. The molecule has 2 aromatic heterocycles. The van der Waals surface area contributed by atoms with E-state index in [0.29, 0.717) is 5.75 Å². The van der Waals surface area contributed by atoms with Gasteiger partial charge in [-0.3, -0.25) is 0 Å². The third-order valence-corrected chi connectivity index (χ3v) is 5.07. The van der Waals surface area contributed by atoms with Crippen molar-refractivity contribution in [3.8, 4) is 23.6 Å². The Hall–Kier alpha value is -3.90. The van der Waals surface area contributed by atoms with Gasteiger partial charge in [-0.15, -0.1) is 0 Å². The van der Waals surface area contributed by atoms with Crippen LogP contribution in [-0.4, -0.2) is 24.2 Å². The molecule has 138 valence electrons. The molecule has 0 radical (unpaired) electrons. The Morgan fingerprint density at radius 1 is 0.929 bits per heavy atom. The zero-order valence-electron chi connectivity index (χ0n) is 15.5. The summed E-state index contributed by atoms with van der Waals surface area (Å²) in [5, 5.41) is 20.9. The van der Waals surface area contributed by atoms with Crippen molar-refractivity contribution in [1.82, 2.24) is 9.97 Å². The number of aromatic nitrogens is 2. The van der Waals surface area contributed by atoms with Gasteiger partial charge in [0.05, 0.1) is 38.3 Å². The number of rotatable bonds is 5. The van der Waals surface area contributed by atoms with Gasteiger partial charge in [-0.1, -0.05) is 12.1 Å². The van der Waals surface area contributed by atoms with Crippen LogP contribution in [0.3, 0.4) is 0 Å². The Morgan fingerprint density at radius 2 is 1.71 bits per heavy atom. The summed E-state index contributed by atoms with van der Waals surface area (Å²) in [5.41, 5.74) is 4.24. The first-order valence-electron chi connectivity index (χ1n) is 8.80. The molecular weight excluding hydrogens is 352 g/mol. The summed E-state index contributed by atoms with van der Waals surface area (Å²) < 4.78 is 11.0. The van der Waals surface area contributed by atoms with Crippen LogP contribution in [0.15, 0.2) is 42.7 Å². The van der Waals surface area contributed by atoms with E-state index in [1.54, 1.807) is 14.2 Å². The quantitative estimate of drug-likeness (QED) is 0.544. The molecule has 0 saturated carbocycles. The van der Waals surface area contributed by atoms with Crippen molar-refractivity contribution >= 4 is 21.8 Å². The van der Waals surface area contributed by atoms with Gasteiger partial charge in [0, 0.05) is 34.2 Å². The van der Waals surface area contributed by atoms with E-state index in [9.17, 15) is 5.26 Å². The normalized spacial score (nSPS) is 11.9. The molecule has 0 aliphatic carbocycles. The van der Waals surface area contributed by atoms with Crippen LogP contribution >= 0.6 is 0 Å². The fraction of sp³-hybridized carbons (Fsp3) is 0.182. The predicted octanol–water partition coefficient (Wildman–Crippen LogP) is 4.39. The number of hydrogen-bond acceptors (Lipinski definition) is 4. The minimum absolute atomic E-state index is 0.262.